The zero-order valence-electron chi connectivity index (χ0n) is 18.3. The molecule has 1 aromatic heterocycles. The number of carbonyl (C=O) groups excluding carboxylic acids is 1. The number of nitrogens with zero attached hydrogens (tertiary/aromatic N) is 3. The van der Waals surface area contributed by atoms with Crippen molar-refractivity contribution in [3.05, 3.63) is 53.5 Å². The molecule has 1 aliphatic heterocycles. The van der Waals surface area contributed by atoms with E-state index in [9.17, 15) is 4.79 Å². The molecule has 32 heavy (non-hydrogen) atoms. The van der Waals surface area contributed by atoms with E-state index >= 15 is 0 Å². The van der Waals surface area contributed by atoms with Crippen molar-refractivity contribution in [2.24, 2.45) is 15.7 Å². The van der Waals surface area contributed by atoms with Crippen LogP contribution in [0.3, 0.4) is 0 Å². The normalized spacial score (nSPS) is 15.4. The molecule has 0 atom stereocenters. The summed E-state index contributed by atoms with van der Waals surface area (Å²) < 4.78 is 5.37. The summed E-state index contributed by atoms with van der Waals surface area (Å²) in [6, 6.07) is 7.24. The van der Waals surface area contributed by atoms with Gasteiger partial charge in [0.25, 0.3) is 5.91 Å². The van der Waals surface area contributed by atoms with Gasteiger partial charge in [0.2, 0.25) is 0 Å². The molecule has 9 nitrogen and oxygen atoms in total. The van der Waals surface area contributed by atoms with Crippen LogP contribution in [0.25, 0.3) is 0 Å². The van der Waals surface area contributed by atoms with Crippen LogP contribution in [0.1, 0.15) is 24.1 Å². The van der Waals surface area contributed by atoms with Gasteiger partial charge in [0.05, 0.1) is 30.2 Å². The number of rotatable bonds is 7. The molecular formula is C23H29N7O2. The molecule has 0 aliphatic carbocycles. The largest absolute Gasteiger partial charge is 0.494 e. The van der Waals surface area contributed by atoms with Crippen molar-refractivity contribution >= 4 is 35.4 Å². The molecule has 168 valence electrons. The Balaban J connectivity index is 1.72. The molecular weight excluding hydrogens is 406 g/mol. The number of benzene rings is 1. The van der Waals surface area contributed by atoms with Crippen LogP contribution < -0.4 is 26.8 Å². The maximum atomic E-state index is 12.6. The lowest BCUT2D eigenvalue weighted by Gasteiger charge is -2.19. The summed E-state index contributed by atoms with van der Waals surface area (Å²) in [6.45, 7) is 3.79. The minimum absolute atomic E-state index is 0.00308. The highest BCUT2D eigenvalue weighted by Gasteiger charge is 2.14. The number of aliphatic imine (C=N–C) groups is 2. The average molecular weight is 436 g/mol. The summed E-state index contributed by atoms with van der Waals surface area (Å²) in [6.07, 6.45) is 8.30. The summed E-state index contributed by atoms with van der Waals surface area (Å²) in [5, 5.41) is 6.08. The number of hydrogen-bond donors (Lipinski definition) is 4. The van der Waals surface area contributed by atoms with Gasteiger partial charge in [-0.25, -0.2) is 0 Å². The van der Waals surface area contributed by atoms with Crippen molar-refractivity contribution in [1.82, 2.24) is 10.3 Å². The van der Waals surface area contributed by atoms with Crippen LogP contribution in [0.15, 0.2) is 52.2 Å². The van der Waals surface area contributed by atoms with Crippen molar-refractivity contribution in [1.29, 1.82) is 0 Å². The van der Waals surface area contributed by atoms with Crippen LogP contribution in [0, 0.1) is 6.92 Å². The molecule has 0 saturated carbocycles. The van der Waals surface area contributed by atoms with Crippen LogP contribution in [0.4, 0.5) is 17.1 Å². The number of pyridine rings is 1. The molecule has 0 radical (unpaired) electrons. The Bertz CT molecular complexity index is 1040. The Morgan fingerprint density at radius 2 is 2.09 bits per heavy atom. The number of piperidine rings is 1. The highest BCUT2D eigenvalue weighted by Crippen LogP contribution is 2.29. The molecule has 3 rings (SSSR count). The SMILES string of the molecule is COc1cc(N)c(C=NC2CCNCC2)cc1NC(=O)C(N)=CC=Nc1ccnc(C)c1. The molecule has 1 saturated heterocycles. The predicted octanol–water partition coefficient (Wildman–Crippen LogP) is 2.34. The zero-order chi connectivity index (χ0) is 22.9. The minimum atomic E-state index is -0.480. The number of allylic oxidation sites excluding steroid dienone is 1. The lowest BCUT2D eigenvalue weighted by molar-refractivity contribution is -0.112. The molecule has 6 N–H and O–H groups in total. The van der Waals surface area contributed by atoms with Gasteiger partial charge in [0, 0.05) is 41.6 Å². The maximum absolute atomic E-state index is 12.6. The first-order valence-corrected chi connectivity index (χ1v) is 10.4. The summed E-state index contributed by atoms with van der Waals surface area (Å²) in [4.78, 5) is 25.6. The van der Waals surface area contributed by atoms with Crippen LogP contribution in [0.2, 0.25) is 0 Å². The molecule has 2 heterocycles. The Labute approximate surface area is 187 Å². The van der Waals surface area contributed by atoms with Crippen molar-refractivity contribution in [2.45, 2.75) is 25.8 Å². The number of amides is 1. The fourth-order valence-corrected chi connectivity index (χ4v) is 3.22. The number of carbonyl (C=O) groups is 1. The van der Waals surface area contributed by atoms with Gasteiger partial charge in [-0.1, -0.05) is 0 Å². The Kier molecular flexibility index (Phi) is 7.93. The summed E-state index contributed by atoms with van der Waals surface area (Å²) in [5.74, 6) is -0.0460. The highest BCUT2D eigenvalue weighted by atomic mass is 16.5. The van der Waals surface area contributed by atoms with Gasteiger partial charge in [-0.2, -0.15) is 0 Å². The molecule has 0 spiro atoms. The highest BCUT2D eigenvalue weighted by molar-refractivity contribution is 6.06. The first-order valence-electron chi connectivity index (χ1n) is 10.4. The quantitative estimate of drug-likeness (QED) is 0.299. The summed E-state index contributed by atoms with van der Waals surface area (Å²) in [5.41, 5.74) is 15.3. The number of nitrogen functional groups attached to an aromatic ring is 1. The van der Waals surface area contributed by atoms with Crippen molar-refractivity contribution in [2.75, 3.05) is 31.2 Å². The number of anilines is 2. The fourth-order valence-electron chi connectivity index (χ4n) is 3.22. The summed E-state index contributed by atoms with van der Waals surface area (Å²) >= 11 is 0. The maximum Gasteiger partial charge on any atom is 0.271 e. The first kappa shape index (κ1) is 23.0. The van der Waals surface area contributed by atoms with Crippen molar-refractivity contribution in [3.8, 4) is 5.75 Å². The number of hydrogen-bond acceptors (Lipinski definition) is 8. The second kappa shape index (κ2) is 11.1. The molecule has 1 amide bonds. The molecule has 9 heteroatoms. The topological polar surface area (TPSA) is 140 Å². The van der Waals surface area contributed by atoms with E-state index < -0.39 is 5.91 Å². The lowest BCUT2D eigenvalue weighted by atomic mass is 10.1. The number of nitrogens with two attached hydrogens (primary N) is 2. The number of ether oxygens (including phenoxy) is 1. The standard InChI is InChI=1S/C23H29N7O2/c1-15-11-18(5-9-27-15)28-10-6-19(24)23(31)30-21-12-16(20(25)13-22(21)32-2)14-29-17-3-7-26-8-4-17/h5-6,9-14,17,26H,3-4,7-8,24-25H2,1-2H3,(H,30,31). The van der Waals surface area contributed by atoms with Gasteiger partial charge in [-0.15, -0.1) is 0 Å². The third-order valence-electron chi connectivity index (χ3n) is 5.01. The van der Waals surface area contributed by atoms with Gasteiger partial charge in [-0.05, 0) is 57.1 Å². The number of methoxy groups -OCH3 is 1. The van der Waals surface area contributed by atoms with E-state index in [0.717, 1.165) is 37.3 Å². The lowest BCUT2D eigenvalue weighted by Crippen LogP contribution is -2.29. The monoisotopic (exact) mass is 435 g/mol. The Morgan fingerprint density at radius 1 is 1.31 bits per heavy atom. The van der Waals surface area contributed by atoms with E-state index in [1.165, 1.54) is 19.4 Å². The molecule has 1 aliphatic rings. The van der Waals surface area contributed by atoms with Crippen molar-refractivity contribution in [3.63, 3.8) is 0 Å². The fraction of sp³-hybridized carbons (Fsp3) is 0.304. The third-order valence-corrected chi connectivity index (χ3v) is 5.01. The van der Waals surface area contributed by atoms with Gasteiger partial charge in [0.15, 0.2) is 0 Å². The van der Waals surface area contributed by atoms with E-state index in [0.29, 0.717) is 22.7 Å². The predicted molar refractivity (Wildman–Crippen MR) is 129 cm³/mol. The third kappa shape index (κ3) is 6.39. The van der Waals surface area contributed by atoms with Gasteiger partial charge < -0.3 is 26.8 Å². The van der Waals surface area contributed by atoms with Crippen LogP contribution in [0.5, 0.6) is 5.75 Å². The van der Waals surface area contributed by atoms with Crippen LogP contribution in [-0.2, 0) is 4.79 Å². The van der Waals surface area contributed by atoms with E-state index in [4.69, 9.17) is 16.2 Å². The van der Waals surface area contributed by atoms with Gasteiger partial charge >= 0.3 is 0 Å². The van der Waals surface area contributed by atoms with Crippen LogP contribution >= 0.6 is 0 Å². The summed E-state index contributed by atoms with van der Waals surface area (Å²) in [7, 11) is 1.51. The minimum Gasteiger partial charge on any atom is -0.494 e. The molecule has 0 bridgehead atoms. The number of aromatic nitrogens is 1. The Morgan fingerprint density at radius 3 is 2.81 bits per heavy atom. The van der Waals surface area contributed by atoms with Gasteiger partial charge in [0.1, 0.15) is 5.75 Å². The smallest absolute Gasteiger partial charge is 0.271 e. The zero-order valence-corrected chi connectivity index (χ0v) is 18.3. The number of aryl methyl sites for hydroxylation is 1. The van der Waals surface area contributed by atoms with E-state index in [1.54, 1.807) is 30.6 Å². The number of nitrogens with one attached hydrogen (secondary N) is 2. The molecule has 0 unspecified atom stereocenters. The van der Waals surface area contributed by atoms with Crippen LogP contribution in [-0.4, -0.2) is 49.6 Å². The Hall–Kier alpha value is -3.72. The van der Waals surface area contributed by atoms with Gasteiger partial charge in [-0.3, -0.25) is 19.8 Å². The molecule has 2 aromatic rings. The second-order valence-corrected chi connectivity index (χ2v) is 7.45. The van der Waals surface area contributed by atoms with E-state index in [1.807, 2.05) is 13.0 Å². The van der Waals surface area contributed by atoms with E-state index in [2.05, 4.69) is 25.6 Å². The molecule has 1 fully saturated rings. The second-order valence-electron chi connectivity index (χ2n) is 7.45. The first-order chi connectivity index (χ1) is 15.5. The average Bonchev–Trinajstić information content (AvgIpc) is 2.79. The van der Waals surface area contributed by atoms with Crippen molar-refractivity contribution < 1.29 is 9.53 Å². The van der Waals surface area contributed by atoms with E-state index in [-0.39, 0.29) is 11.7 Å². The molecule has 1 aromatic carbocycles.